The molecule has 0 saturated heterocycles. The van der Waals surface area contributed by atoms with E-state index in [9.17, 15) is 0 Å². The summed E-state index contributed by atoms with van der Waals surface area (Å²) in [6.45, 7) is 0.199. The van der Waals surface area contributed by atoms with Crippen LogP contribution in [0, 0.1) is 0 Å². The van der Waals surface area contributed by atoms with Crippen LogP contribution < -0.4 is 32.8 Å². The van der Waals surface area contributed by atoms with E-state index >= 15 is 0 Å². The summed E-state index contributed by atoms with van der Waals surface area (Å²) in [6, 6.07) is 82.9. The molecule has 0 bridgehead atoms. The van der Waals surface area contributed by atoms with Crippen LogP contribution in [0.1, 0.15) is 0 Å². The molecule has 8 heteroatoms. The van der Waals surface area contributed by atoms with Crippen molar-refractivity contribution in [1.29, 1.82) is 0 Å². The summed E-state index contributed by atoms with van der Waals surface area (Å²) in [4.78, 5) is 5.34. The van der Waals surface area contributed by atoms with Crippen LogP contribution in [0.5, 0.6) is 0 Å². The van der Waals surface area contributed by atoms with Crippen molar-refractivity contribution in [1.82, 2.24) is 18.3 Å². The molecule has 0 saturated carbocycles. The van der Waals surface area contributed by atoms with Gasteiger partial charge in [0.25, 0.3) is 0 Å². The highest BCUT2D eigenvalue weighted by Crippen LogP contribution is 2.46. The van der Waals surface area contributed by atoms with Crippen LogP contribution in [0.4, 0.5) is 0 Å². The van der Waals surface area contributed by atoms with Crippen LogP contribution in [0.15, 0.2) is 238 Å². The minimum absolute atomic E-state index is 0.0997. The third-order valence-electron chi connectivity index (χ3n) is 17.2. The van der Waals surface area contributed by atoms with Gasteiger partial charge in [-0.2, -0.15) is 0 Å². The fourth-order valence-electron chi connectivity index (χ4n) is 14.4. The zero-order valence-electron chi connectivity index (χ0n) is 39.5. The van der Waals surface area contributed by atoms with Crippen LogP contribution in [-0.2, 0) is 0 Å². The Labute approximate surface area is 433 Å². The van der Waals surface area contributed by atoms with Gasteiger partial charge >= 0.3 is 0 Å². The van der Waals surface area contributed by atoms with Gasteiger partial charge in [-0.1, -0.05) is 168 Å². The molecule has 0 unspecified atom stereocenters. The lowest BCUT2D eigenvalue weighted by atomic mass is 9.35. The first-order valence-corrected chi connectivity index (χ1v) is 27.3. The molecular weight excluding hydrogens is 935 g/mol. The van der Waals surface area contributed by atoms with Crippen molar-refractivity contribution in [3.8, 4) is 22.7 Å². The number of nitrogens with zero attached hydrogens (tertiary/aromatic N) is 4. The molecule has 0 radical (unpaired) electrons. The zero-order chi connectivity index (χ0) is 47.7. The van der Waals surface area contributed by atoms with Gasteiger partial charge in [0.2, 0.25) is 13.4 Å². The van der Waals surface area contributed by atoms with E-state index < -0.39 is 0 Å². The van der Waals surface area contributed by atoms with E-state index in [1.54, 1.807) is 0 Å². The summed E-state index contributed by atoms with van der Waals surface area (Å²) in [7, 11) is 0. The first-order valence-electron chi connectivity index (χ1n) is 25.6. The fourth-order valence-corrected chi connectivity index (χ4v) is 16.8. The molecule has 0 fully saturated rings. The van der Waals surface area contributed by atoms with E-state index in [0.29, 0.717) is 0 Å². The normalized spacial score (nSPS) is 13.8. The minimum atomic E-state index is 0.0997. The Hall–Kier alpha value is -8.55. The van der Waals surface area contributed by atoms with Gasteiger partial charge in [0, 0.05) is 96.5 Å². The van der Waals surface area contributed by atoms with Gasteiger partial charge in [-0.25, -0.2) is 0 Å². The summed E-state index contributed by atoms with van der Waals surface area (Å²) >= 11 is 3.87. The van der Waals surface area contributed by atoms with Crippen LogP contribution in [0.3, 0.4) is 0 Å². The van der Waals surface area contributed by atoms with E-state index in [4.69, 9.17) is 0 Å². The van der Waals surface area contributed by atoms with Gasteiger partial charge in [-0.15, -0.1) is 0 Å². The van der Waals surface area contributed by atoms with Crippen molar-refractivity contribution in [2.24, 2.45) is 0 Å². The molecule has 19 rings (SSSR count). The Balaban J connectivity index is 0.851. The van der Waals surface area contributed by atoms with Crippen molar-refractivity contribution in [2.45, 2.75) is 19.6 Å². The maximum Gasteiger partial charge on any atom is 0.249 e. The SMILES string of the molecule is c1ccc(-n2c3ccccc3c3cc4c(cc32)Sc2cccc3c2B4c2cccc4c5cc6c7cccc8c7n(c6cc5n-3c24)-c2cccc3c2B8c2cc4c5ccccc5n(-c5ccccc5)c4cc2S3)cc1. The molecule has 4 aliphatic heterocycles. The predicted molar refractivity (Wildman–Crippen MR) is 314 cm³/mol. The molecular formula is C66H36B2N4S2. The molecule has 338 valence electrons. The Morgan fingerprint density at radius 1 is 0.257 bits per heavy atom. The standard InChI is InChI=1S/C66H36B2N4S2/c1-3-15-37(16-4-1)69-51-25-9-7-19-39(51)45-32-49-61(35-57(45)69)73-59-29-13-27-53-63(59)67(49)47-23-11-21-41-43-31-44-42-22-12-24-48-66(42)72(56(44)34-55(43)71(53)65(41)47)54-28-14-30-60-64(54)68(48)50-33-46-40-20-8-10-26-52(40)70(38-17-5-2-6-18-38)58(46)36-62(50)74-60/h1-36H. The molecule has 4 aromatic heterocycles. The van der Waals surface area contributed by atoms with Gasteiger partial charge in [-0.3, -0.25) is 0 Å². The van der Waals surface area contributed by atoms with Gasteiger partial charge < -0.3 is 18.3 Å². The third-order valence-corrected chi connectivity index (χ3v) is 19.5. The molecule has 0 spiro atoms. The number of aromatic nitrogens is 4. The smallest absolute Gasteiger partial charge is 0.249 e. The Morgan fingerprint density at radius 3 is 1.15 bits per heavy atom. The largest absolute Gasteiger partial charge is 0.310 e. The van der Waals surface area contributed by atoms with E-state index in [1.807, 2.05) is 23.5 Å². The molecule has 8 heterocycles. The van der Waals surface area contributed by atoms with Crippen LogP contribution >= 0.6 is 23.5 Å². The average molecular weight is 971 g/mol. The molecule has 0 amide bonds. The lowest BCUT2D eigenvalue weighted by Crippen LogP contribution is -2.58. The van der Waals surface area contributed by atoms with E-state index in [0.717, 1.165) is 0 Å². The maximum absolute atomic E-state index is 2.63. The van der Waals surface area contributed by atoms with E-state index in [2.05, 4.69) is 237 Å². The first kappa shape index (κ1) is 39.0. The molecule has 15 aromatic rings. The van der Waals surface area contributed by atoms with Crippen molar-refractivity contribution < 1.29 is 0 Å². The van der Waals surface area contributed by atoms with Gasteiger partial charge in [0.05, 0.1) is 33.1 Å². The van der Waals surface area contributed by atoms with Crippen molar-refractivity contribution in [3.05, 3.63) is 218 Å². The van der Waals surface area contributed by atoms with Gasteiger partial charge in [0.15, 0.2) is 0 Å². The molecule has 0 aliphatic carbocycles. The van der Waals surface area contributed by atoms with E-state index in [1.165, 1.54) is 162 Å². The molecule has 11 aromatic carbocycles. The number of rotatable bonds is 2. The number of hydrogen-bond donors (Lipinski definition) is 0. The molecule has 4 nitrogen and oxygen atoms in total. The summed E-state index contributed by atoms with van der Waals surface area (Å²) in [5.41, 5.74) is 23.4. The molecule has 0 atom stereocenters. The Kier molecular flexibility index (Phi) is 7.25. The van der Waals surface area contributed by atoms with Gasteiger partial charge in [0.1, 0.15) is 0 Å². The number of fused-ring (bicyclic) bond motifs is 20. The Morgan fingerprint density at radius 2 is 0.662 bits per heavy atom. The lowest BCUT2D eigenvalue weighted by molar-refractivity contribution is 1.16. The molecule has 0 N–H and O–H groups in total. The topological polar surface area (TPSA) is 19.7 Å². The second kappa shape index (κ2) is 13.7. The second-order valence-corrected chi connectivity index (χ2v) is 22.9. The summed E-state index contributed by atoms with van der Waals surface area (Å²) in [5.74, 6) is 0. The van der Waals surface area contributed by atoms with Crippen LogP contribution in [-0.4, -0.2) is 31.7 Å². The summed E-state index contributed by atoms with van der Waals surface area (Å²) < 4.78 is 10.2. The van der Waals surface area contributed by atoms with Gasteiger partial charge in [-0.05, 0) is 107 Å². The Bertz CT molecular complexity index is 4790. The first-order chi connectivity index (χ1) is 36.7. The van der Waals surface area contributed by atoms with Crippen molar-refractivity contribution in [2.75, 3.05) is 0 Å². The average Bonchev–Trinajstić information content (AvgIpc) is 4.26. The maximum atomic E-state index is 2.63. The van der Waals surface area contributed by atoms with Crippen LogP contribution in [0.2, 0.25) is 0 Å². The predicted octanol–water partition coefficient (Wildman–Crippen LogP) is 12.7. The summed E-state index contributed by atoms with van der Waals surface area (Å²) in [5, 5.41) is 10.4. The molecule has 4 aliphatic rings. The fraction of sp³-hybridized carbons (Fsp3) is 0. The third kappa shape index (κ3) is 4.70. The highest BCUT2D eigenvalue weighted by atomic mass is 32.2. The summed E-state index contributed by atoms with van der Waals surface area (Å²) in [6.07, 6.45) is 0. The highest BCUT2D eigenvalue weighted by molar-refractivity contribution is 8.00. The quantitative estimate of drug-likeness (QED) is 0.161. The monoisotopic (exact) mass is 970 g/mol. The van der Waals surface area contributed by atoms with Crippen molar-refractivity contribution >= 4 is 157 Å². The lowest BCUT2D eigenvalue weighted by Gasteiger charge is -2.33. The highest BCUT2D eigenvalue weighted by Gasteiger charge is 2.42. The van der Waals surface area contributed by atoms with Crippen molar-refractivity contribution in [3.63, 3.8) is 0 Å². The van der Waals surface area contributed by atoms with E-state index in [-0.39, 0.29) is 13.4 Å². The zero-order valence-corrected chi connectivity index (χ0v) is 41.2. The number of hydrogen-bond acceptors (Lipinski definition) is 2. The number of benzene rings is 11. The van der Waals surface area contributed by atoms with Crippen LogP contribution in [0.25, 0.3) is 110 Å². The molecule has 74 heavy (non-hydrogen) atoms. The second-order valence-electron chi connectivity index (χ2n) is 20.7. The number of para-hydroxylation sites is 6. The minimum Gasteiger partial charge on any atom is -0.310 e.